The average Bonchev–Trinajstić information content (AvgIpc) is 3.08. The van der Waals surface area contributed by atoms with Crippen molar-refractivity contribution in [3.05, 3.63) is 54.1 Å². The van der Waals surface area contributed by atoms with Crippen molar-refractivity contribution in [2.24, 2.45) is 4.99 Å². The third kappa shape index (κ3) is 5.23. The lowest BCUT2D eigenvalue weighted by atomic mass is 10.2. The predicted octanol–water partition coefficient (Wildman–Crippen LogP) is 4.21. The van der Waals surface area contributed by atoms with Crippen LogP contribution < -0.4 is 4.74 Å². The molecule has 1 unspecified atom stereocenters. The zero-order chi connectivity index (χ0) is 21.7. The molecule has 6 nitrogen and oxygen atoms in total. The molecule has 0 spiro atoms. The Morgan fingerprint density at radius 2 is 1.90 bits per heavy atom. The Balaban J connectivity index is 1.76. The van der Waals surface area contributed by atoms with Crippen molar-refractivity contribution in [3.63, 3.8) is 0 Å². The fourth-order valence-electron chi connectivity index (χ4n) is 3.10. The van der Waals surface area contributed by atoms with E-state index in [1.54, 1.807) is 29.2 Å². The van der Waals surface area contributed by atoms with Gasteiger partial charge in [-0.25, -0.2) is 13.4 Å². The first kappa shape index (κ1) is 22.4. The Hall–Kier alpha value is -2.32. The highest BCUT2D eigenvalue weighted by Crippen LogP contribution is 2.32. The molecule has 1 aliphatic rings. The van der Waals surface area contributed by atoms with Gasteiger partial charge in [-0.15, -0.1) is 0 Å². The smallest absolute Gasteiger partial charge is 0.229 e. The van der Waals surface area contributed by atoms with Crippen molar-refractivity contribution in [1.29, 1.82) is 0 Å². The molecule has 0 aliphatic carbocycles. The number of carbonyl (C=O) groups excluding carboxylic acids is 1. The van der Waals surface area contributed by atoms with E-state index in [9.17, 15) is 13.2 Å². The van der Waals surface area contributed by atoms with Crippen LogP contribution >= 0.6 is 11.8 Å². The summed E-state index contributed by atoms with van der Waals surface area (Å²) in [7, 11) is -3.52. The molecule has 0 N–H and O–H groups in total. The van der Waals surface area contributed by atoms with Crippen molar-refractivity contribution >= 4 is 38.4 Å². The third-order valence-corrected chi connectivity index (χ3v) is 7.64. The van der Waals surface area contributed by atoms with Gasteiger partial charge in [-0.05, 0) is 45.0 Å². The summed E-state index contributed by atoms with van der Waals surface area (Å²) < 4.78 is 30.8. The number of nitrogens with zero attached hydrogens (tertiary/aromatic N) is 2. The number of aliphatic imine (C=N–C) groups is 1. The van der Waals surface area contributed by atoms with Gasteiger partial charge < -0.3 is 4.74 Å². The molecule has 1 atom stereocenters. The Bertz CT molecular complexity index is 1030. The summed E-state index contributed by atoms with van der Waals surface area (Å²) in [4.78, 5) is 19.4. The van der Waals surface area contributed by atoms with Crippen LogP contribution in [0.4, 0.5) is 5.69 Å². The molecule has 0 saturated carbocycles. The summed E-state index contributed by atoms with van der Waals surface area (Å²) in [6.45, 7) is 6.26. The Morgan fingerprint density at radius 3 is 2.60 bits per heavy atom. The van der Waals surface area contributed by atoms with Gasteiger partial charge in [-0.3, -0.25) is 9.69 Å². The van der Waals surface area contributed by atoms with Crippen LogP contribution in [0, 0.1) is 6.92 Å². The fourth-order valence-corrected chi connectivity index (χ4v) is 5.45. The number of benzene rings is 2. The van der Waals surface area contributed by atoms with Crippen LogP contribution in [0.5, 0.6) is 5.75 Å². The monoisotopic (exact) mass is 446 g/mol. The zero-order valence-electron chi connectivity index (χ0n) is 17.4. The van der Waals surface area contributed by atoms with E-state index in [0.717, 1.165) is 5.56 Å². The number of hydrogen-bond donors (Lipinski definition) is 0. The molecule has 160 valence electrons. The van der Waals surface area contributed by atoms with Gasteiger partial charge in [0.15, 0.2) is 15.0 Å². The lowest BCUT2D eigenvalue weighted by Gasteiger charge is -2.21. The van der Waals surface area contributed by atoms with E-state index in [4.69, 9.17) is 4.74 Å². The predicted molar refractivity (Wildman–Crippen MR) is 121 cm³/mol. The molecular weight excluding hydrogens is 420 g/mol. The molecule has 0 radical (unpaired) electrons. The van der Waals surface area contributed by atoms with Crippen LogP contribution in [0.3, 0.4) is 0 Å². The van der Waals surface area contributed by atoms with Crippen LogP contribution in [0.15, 0.2) is 58.4 Å². The molecule has 1 aliphatic heterocycles. The number of aryl methyl sites for hydroxylation is 1. The summed E-state index contributed by atoms with van der Waals surface area (Å²) >= 11 is 1.49. The SMILES string of the molecule is CCOc1ccccc1N=C1SCC(C)N1C(=O)CCS(=O)(=O)c1ccc(C)cc1. The second-order valence-electron chi connectivity index (χ2n) is 7.10. The highest BCUT2D eigenvalue weighted by molar-refractivity contribution is 8.14. The number of amidine groups is 1. The number of thioether (sulfide) groups is 1. The van der Waals surface area contributed by atoms with E-state index < -0.39 is 9.84 Å². The van der Waals surface area contributed by atoms with Gasteiger partial charge in [0.25, 0.3) is 0 Å². The Morgan fingerprint density at radius 1 is 1.20 bits per heavy atom. The van der Waals surface area contributed by atoms with Crippen LogP contribution in [-0.4, -0.2) is 48.5 Å². The van der Waals surface area contributed by atoms with E-state index in [0.29, 0.717) is 29.0 Å². The molecule has 3 rings (SSSR count). The minimum atomic E-state index is -3.52. The number of hydrogen-bond acceptors (Lipinski definition) is 6. The number of carbonyl (C=O) groups is 1. The Labute approximate surface area is 182 Å². The molecule has 2 aromatic carbocycles. The molecule has 30 heavy (non-hydrogen) atoms. The molecular formula is C22H26N2O4S2. The molecule has 1 heterocycles. The van der Waals surface area contributed by atoms with Crippen molar-refractivity contribution in [1.82, 2.24) is 4.90 Å². The molecule has 1 amide bonds. The van der Waals surface area contributed by atoms with E-state index in [1.165, 1.54) is 11.8 Å². The number of amides is 1. The molecule has 1 fully saturated rings. The largest absolute Gasteiger partial charge is 0.492 e. The lowest BCUT2D eigenvalue weighted by Crippen LogP contribution is -2.38. The van der Waals surface area contributed by atoms with Crippen LogP contribution in [0.2, 0.25) is 0 Å². The highest BCUT2D eigenvalue weighted by Gasteiger charge is 2.33. The first-order valence-corrected chi connectivity index (χ1v) is 12.5. The topological polar surface area (TPSA) is 76.0 Å². The van der Waals surface area contributed by atoms with Gasteiger partial charge in [0, 0.05) is 18.2 Å². The maximum Gasteiger partial charge on any atom is 0.229 e. The molecule has 1 saturated heterocycles. The highest BCUT2D eigenvalue weighted by atomic mass is 32.2. The third-order valence-electron chi connectivity index (χ3n) is 4.72. The van der Waals surface area contributed by atoms with Gasteiger partial charge >= 0.3 is 0 Å². The molecule has 2 aromatic rings. The van der Waals surface area contributed by atoms with Crippen molar-refractivity contribution in [2.75, 3.05) is 18.1 Å². The molecule has 0 aromatic heterocycles. The van der Waals surface area contributed by atoms with Gasteiger partial charge in [0.1, 0.15) is 11.4 Å². The van der Waals surface area contributed by atoms with Gasteiger partial charge in [0.05, 0.1) is 17.3 Å². The normalized spacial score (nSPS) is 18.0. The van der Waals surface area contributed by atoms with Crippen LogP contribution in [0.1, 0.15) is 25.8 Å². The first-order valence-electron chi connectivity index (χ1n) is 9.86. The minimum absolute atomic E-state index is 0.0532. The van der Waals surface area contributed by atoms with E-state index in [2.05, 4.69) is 4.99 Å². The summed E-state index contributed by atoms with van der Waals surface area (Å²) in [5.74, 6) is 0.898. The number of sulfone groups is 1. The van der Waals surface area contributed by atoms with E-state index >= 15 is 0 Å². The van der Waals surface area contributed by atoms with Gasteiger partial charge in [0.2, 0.25) is 5.91 Å². The van der Waals surface area contributed by atoms with Crippen molar-refractivity contribution in [3.8, 4) is 5.75 Å². The van der Waals surface area contributed by atoms with E-state index in [1.807, 2.05) is 45.0 Å². The summed E-state index contributed by atoms with van der Waals surface area (Å²) in [6, 6.07) is 14.1. The fraction of sp³-hybridized carbons (Fsp3) is 0.364. The molecule has 8 heteroatoms. The quantitative estimate of drug-likeness (QED) is 0.637. The standard InChI is InChI=1S/C22H26N2O4S2/c1-4-28-20-8-6-5-7-19(20)23-22-24(17(3)15-29-22)21(25)13-14-30(26,27)18-11-9-16(2)10-12-18/h5-12,17H,4,13-15H2,1-3H3. The first-order chi connectivity index (χ1) is 14.3. The molecule has 0 bridgehead atoms. The second-order valence-corrected chi connectivity index (χ2v) is 10.2. The van der Waals surface area contributed by atoms with Crippen LogP contribution in [-0.2, 0) is 14.6 Å². The van der Waals surface area contributed by atoms with Crippen molar-refractivity contribution < 1.29 is 17.9 Å². The second kappa shape index (κ2) is 9.66. The number of rotatable bonds is 7. The van der Waals surface area contributed by atoms with Crippen LogP contribution in [0.25, 0.3) is 0 Å². The summed E-state index contributed by atoms with van der Waals surface area (Å²) in [6.07, 6.45) is -0.0900. The van der Waals surface area contributed by atoms with Gasteiger partial charge in [-0.1, -0.05) is 41.6 Å². The summed E-state index contributed by atoms with van der Waals surface area (Å²) in [5.41, 5.74) is 1.64. The number of ether oxygens (including phenoxy) is 1. The van der Waals surface area contributed by atoms with Gasteiger partial charge in [-0.2, -0.15) is 0 Å². The number of para-hydroxylation sites is 2. The Kier molecular flexibility index (Phi) is 7.20. The average molecular weight is 447 g/mol. The van der Waals surface area contributed by atoms with Crippen molar-refractivity contribution in [2.45, 2.75) is 38.1 Å². The summed E-state index contributed by atoms with van der Waals surface area (Å²) in [5, 5.41) is 0.576. The maximum absolute atomic E-state index is 12.9. The minimum Gasteiger partial charge on any atom is -0.492 e. The zero-order valence-corrected chi connectivity index (χ0v) is 19.0. The van der Waals surface area contributed by atoms with E-state index in [-0.39, 0.29) is 29.0 Å². The lowest BCUT2D eigenvalue weighted by molar-refractivity contribution is -0.127. The maximum atomic E-state index is 12.9.